The average Bonchev–Trinajstić information content (AvgIpc) is 3.91. The summed E-state index contributed by atoms with van der Waals surface area (Å²) < 4.78 is 13.8. The van der Waals surface area contributed by atoms with Crippen molar-refractivity contribution in [2.75, 3.05) is 0 Å². The fourth-order valence-corrected chi connectivity index (χ4v) is 10.1. The molecule has 0 aliphatic carbocycles. The standard InChI is InChI=1S/C43H21N5OSe/c1-45-25-9-14-36-31(20-25)30-19-24(23-44)8-13-35(30)47(36)26-10-16-39-32(21-26)33-22-27(11-17-40(33)50-39)48-34-6-3-2-5-28(34)41-37(48)15-12-29-42-38(49-43(29)41)7-4-18-46-42/h2-22H. The van der Waals surface area contributed by atoms with Gasteiger partial charge in [0.2, 0.25) is 0 Å². The first kappa shape index (κ1) is 27.3. The molecule has 6 nitrogen and oxygen atoms in total. The van der Waals surface area contributed by atoms with E-state index in [2.05, 4.69) is 97.8 Å². The van der Waals surface area contributed by atoms with Crippen molar-refractivity contribution in [3.05, 3.63) is 145 Å². The number of rotatable bonds is 2. The molecule has 0 radical (unpaired) electrons. The van der Waals surface area contributed by atoms with Gasteiger partial charge in [-0.15, -0.1) is 0 Å². The first-order chi connectivity index (χ1) is 24.7. The molecule has 0 amide bonds. The fourth-order valence-electron chi connectivity index (χ4n) is 7.84. The molecule has 0 atom stereocenters. The van der Waals surface area contributed by atoms with E-state index in [4.69, 9.17) is 11.0 Å². The zero-order valence-corrected chi connectivity index (χ0v) is 27.9. The summed E-state index contributed by atoms with van der Waals surface area (Å²) in [6.45, 7) is 7.60. The molecule has 6 aromatic carbocycles. The SMILES string of the molecule is [C-]#[N+]c1ccc2c(c1)c1cc(C#N)ccc1n2-c1ccc2[se]c3ccc(-n4c5ccccc5c5c6oc7cccnc7c6ccc54)cc3c2c1. The van der Waals surface area contributed by atoms with Crippen molar-refractivity contribution in [3.63, 3.8) is 0 Å². The van der Waals surface area contributed by atoms with E-state index < -0.39 is 0 Å². The number of nitriles is 1. The maximum absolute atomic E-state index is 9.66. The van der Waals surface area contributed by atoms with Gasteiger partial charge in [0.05, 0.1) is 0 Å². The molecular weight excluding hydrogens is 681 g/mol. The van der Waals surface area contributed by atoms with E-state index in [1.54, 1.807) is 0 Å². The minimum atomic E-state index is 0.184. The zero-order valence-electron chi connectivity index (χ0n) is 26.2. The van der Waals surface area contributed by atoms with E-state index in [0.29, 0.717) is 11.3 Å². The molecule has 11 rings (SSSR count). The summed E-state index contributed by atoms with van der Waals surface area (Å²) in [5, 5.41) is 17.4. The summed E-state index contributed by atoms with van der Waals surface area (Å²) in [5.74, 6) is 0. The summed E-state index contributed by atoms with van der Waals surface area (Å²) in [6.07, 6.45) is 1.82. The molecule has 0 N–H and O–H groups in total. The van der Waals surface area contributed by atoms with Crippen LogP contribution >= 0.6 is 0 Å². The second-order valence-electron chi connectivity index (χ2n) is 12.6. The van der Waals surface area contributed by atoms with Crippen molar-refractivity contribution < 1.29 is 4.42 Å². The molecule has 0 fully saturated rings. The normalized spacial score (nSPS) is 12.0. The Labute approximate surface area is 289 Å². The number of para-hydroxylation sites is 1. The van der Waals surface area contributed by atoms with Gasteiger partial charge in [0.25, 0.3) is 0 Å². The molecule has 0 spiro atoms. The van der Waals surface area contributed by atoms with Gasteiger partial charge in [-0.2, -0.15) is 0 Å². The number of furan rings is 1. The molecule has 5 heterocycles. The number of fused-ring (bicyclic) bond motifs is 13. The molecule has 0 saturated heterocycles. The summed E-state index contributed by atoms with van der Waals surface area (Å²) in [4.78, 5) is 8.32. The van der Waals surface area contributed by atoms with Gasteiger partial charge in [0.1, 0.15) is 0 Å². The van der Waals surface area contributed by atoms with Crippen LogP contribution in [-0.2, 0) is 0 Å². The van der Waals surface area contributed by atoms with E-state index in [1.165, 1.54) is 19.3 Å². The molecule has 0 unspecified atom stereocenters. The Balaban J connectivity index is 1.16. The quantitative estimate of drug-likeness (QED) is 0.133. The minimum absolute atomic E-state index is 0.184. The van der Waals surface area contributed by atoms with Crippen LogP contribution in [-0.4, -0.2) is 28.6 Å². The molecule has 5 aromatic heterocycles. The van der Waals surface area contributed by atoms with E-state index in [1.807, 2.05) is 54.7 Å². The predicted molar refractivity (Wildman–Crippen MR) is 203 cm³/mol. The average molecular weight is 703 g/mol. The summed E-state index contributed by atoms with van der Waals surface area (Å²) in [7, 11) is 0. The van der Waals surface area contributed by atoms with Gasteiger partial charge >= 0.3 is 291 Å². The van der Waals surface area contributed by atoms with Crippen molar-refractivity contribution in [2.24, 2.45) is 0 Å². The molecule has 0 aliphatic heterocycles. The molecule has 0 aliphatic rings. The summed E-state index contributed by atoms with van der Waals surface area (Å²) >= 11 is 0.184. The van der Waals surface area contributed by atoms with Crippen LogP contribution in [0, 0.1) is 17.9 Å². The van der Waals surface area contributed by atoms with Gasteiger partial charge in [-0.25, -0.2) is 0 Å². The second kappa shape index (κ2) is 9.95. The van der Waals surface area contributed by atoms with Gasteiger partial charge in [0.15, 0.2) is 0 Å². The monoisotopic (exact) mass is 703 g/mol. The number of benzene rings is 6. The number of pyridine rings is 1. The Bertz CT molecular complexity index is 3290. The van der Waals surface area contributed by atoms with Crippen molar-refractivity contribution >= 4 is 105 Å². The number of nitrogens with zero attached hydrogens (tertiary/aromatic N) is 5. The van der Waals surface area contributed by atoms with Gasteiger partial charge in [-0.3, -0.25) is 0 Å². The van der Waals surface area contributed by atoms with Crippen LogP contribution in [0.2, 0.25) is 0 Å². The van der Waals surface area contributed by atoms with Crippen LogP contribution < -0.4 is 0 Å². The van der Waals surface area contributed by atoms with Crippen LogP contribution in [0.3, 0.4) is 0 Å². The van der Waals surface area contributed by atoms with Crippen LogP contribution in [0.1, 0.15) is 5.56 Å². The van der Waals surface area contributed by atoms with E-state index in [9.17, 15) is 5.26 Å². The Morgan fingerprint density at radius 2 is 1.34 bits per heavy atom. The Kier molecular flexibility index (Phi) is 5.44. The van der Waals surface area contributed by atoms with Gasteiger partial charge in [0, 0.05) is 0 Å². The summed E-state index contributed by atoms with van der Waals surface area (Å²) in [6, 6.07) is 44.4. The number of hydrogen-bond acceptors (Lipinski definition) is 3. The molecule has 50 heavy (non-hydrogen) atoms. The third kappa shape index (κ3) is 3.63. The number of aromatic nitrogens is 3. The maximum atomic E-state index is 9.66. The van der Waals surface area contributed by atoms with Crippen molar-refractivity contribution in [3.8, 4) is 17.4 Å². The first-order valence-corrected chi connectivity index (χ1v) is 17.9. The first-order valence-electron chi connectivity index (χ1n) is 16.2. The third-order valence-electron chi connectivity index (χ3n) is 9.99. The van der Waals surface area contributed by atoms with E-state index >= 15 is 0 Å². The second-order valence-corrected chi connectivity index (χ2v) is 14.9. The molecule has 7 heteroatoms. The summed E-state index contributed by atoms with van der Waals surface area (Å²) in [5.41, 5.74) is 10.1. The molecule has 0 bridgehead atoms. The number of hydrogen-bond donors (Lipinski definition) is 0. The van der Waals surface area contributed by atoms with Crippen molar-refractivity contribution in [2.45, 2.75) is 0 Å². The van der Waals surface area contributed by atoms with E-state index in [-0.39, 0.29) is 14.5 Å². The van der Waals surface area contributed by atoms with E-state index in [0.717, 1.165) is 77.1 Å². The Morgan fingerprint density at radius 1 is 0.640 bits per heavy atom. The van der Waals surface area contributed by atoms with Crippen molar-refractivity contribution in [1.29, 1.82) is 5.26 Å². The predicted octanol–water partition coefficient (Wildman–Crippen LogP) is 11.0. The Morgan fingerprint density at radius 3 is 2.12 bits per heavy atom. The van der Waals surface area contributed by atoms with Crippen molar-refractivity contribution in [1.82, 2.24) is 14.1 Å². The van der Waals surface area contributed by atoms with Crippen LogP contribution in [0.4, 0.5) is 5.69 Å². The molecule has 0 saturated carbocycles. The molecule has 230 valence electrons. The van der Waals surface area contributed by atoms with Gasteiger partial charge in [-0.05, 0) is 0 Å². The van der Waals surface area contributed by atoms with Crippen LogP contribution in [0.5, 0.6) is 0 Å². The van der Waals surface area contributed by atoms with Gasteiger partial charge < -0.3 is 0 Å². The molecule has 11 aromatic rings. The fraction of sp³-hybridized carbons (Fsp3) is 0. The van der Waals surface area contributed by atoms with Gasteiger partial charge in [-0.1, -0.05) is 0 Å². The Hall–Kier alpha value is -6.63. The van der Waals surface area contributed by atoms with Crippen LogP contribution in [0.25, 0.3) is 101 Å². The topological polar surface area (TPSA) is 64.0 Å². The van der Waals surface area contributed by atoms with Crippen LogP contribution in [0.15, 0.2) is 132 Å². The molecular formula is C43H21N5OSe. The third-order valence-corrected chi connectivity index (χ3v) is 12.4. The zero-order chi connectivity index (χ0) is 33.1.